The smallest absolute Gasteiger partial charge is 0.251 e. The van der Waals surface area contributed by atoms with E-state index in [-0.39, 0.29) is 12.5 Å². The van der Waals surface area contributed by atoms with E-state index in [1.807, 2.05) is 19.3 Å². The third kappa shape index (κ3) is 3.23. The molecular weight excluding hydrogens is 349 g/mol. The van der Waals surface area contributed by atoms with Crippen LogP contribution in [0.15, 0.2) is 42.6 Å². The van der Waals surface area contributed by atoms with E-state index in [4.69, 9.17) is 9.47 Å². The van der Waals surface area contributed by atoms with Crippen molar-refractivity contribution in [3.63, 3.8) is 0 Å². The maximum absolute atomic E-state index is 14.7. The summed E-state index contributed by atoms with van der Waals surface area (Å²) in [5, 5.41) is 7.06. The highest BCUT2D eigenvalue weighted by atomic mass is 19.1. The Bertz CT molecular complexity index is 1030. The van der Waals surface area contributed by atoms with Crippen molar-refractivity contribution in [1.82, 2.24) is 15.1 Å². The molecule has 0 saturated heterocycles. The summed E-state index contributed by atoms with van der Waals surface area (Å²) in [5.74, 6) is 0.304. The Labute approximate surface area is 155 Å². The van der Waals surface area contributed by atoms with Crippen molar-refractivity contribution in [3.05, 3.63) is 65.2 Å². The molecular formula is C20H18FN3O3. The van der Waals surface area contributed by atoms with Gasteiger partial charge in [-0.2, -0.15) is 5.10 Å². The number of hydrogen-bond donors (Lipinski definition) is 1. The van der Waals surface area contributed by atoms with Crippen LogP contribution in [0.25, 0.3) is 11.1 Å². The van der Waals surface area contributed by atoms with E-state index in [1.165, 1.54) is 13.2 Å². The summed E-state index contributed by atoms with van der Waals surface area (Å²) in [6.45, 7) is 0.672. The van der Waals surface area contributed by atoms with Gasteiger partial charge >= 0.3 is 0 Å². The number of hydrogen-bond acceptors (Lipinski definition) is 4. The van der Waals surface area contributed by atoms with Crippen LogP contribution in [0, 0.1) is 5.82 Å². The van der Waals surface area contributed by atoms with Crippen molar-refractivity contribution < 1.29 is 18.7 Å². The molecule has 1 amide bonds. The molecule has 0 saturated carbocycles. The number of nitrogens with one attached hydrogen (secondary N) is 1. The first-order chi connectivity index (χ1) is 13.0. The number of benzene rings is 2. The van der Waals surface area contributed by atoms with Gasteiger partial charge in [-0.25, -0.2) is 4.39 Å². The second kappa shape index (κ2) is 6.75. The standard InChI is InChI=1S/C20H18FN3O3/c1-24-6-5-13(23-24)11-27-19-7-12-10-22-20(25)16(12)9-17(19)15-4-3-14(26-2)8-18(15)21/h3-9H,10-11H2,1-2H3,(H,22,25). The lowest BCUT2D eigenvalue weighted by Gasteiger charge is -2.14. The molecule has 0 unspecified atom stereocenters. The molecule has 0 spiro atoms. The lowest BCUT2D eigenvalue weighted by Crippen LogP contribution is -2.12. The number of nitrogens with zero attached hydrogens (tertiary/aromatic N) is 2. The highest BCUT2D eigenvalue weighted by Crippen LogP contribution is 2.37. The predicted molar refractivity (Wildman–Crippen MR) is 97.1 cm³/mol. The number of ether oxygens (including phenoxy) is 2. The summed E-state index contributed by atoms with van der Waals surface area (Å²) in [7, 11) is 3.31. The van der Waals surface area contributed by atoms with Crippen LogP contribution < -0.4 is 14.8 Å². The molecule has 1 N–H and O–H groups in total. The van der Waals surface area contributed by atoms with Gasteiger partial charge in [0.05, 0.1) is 12.8 Å². The van der Waals surface area contributed by atoms with E-state index in [9.17, 15) is 9.18 Å². The highest BCUT2D eigenvalue weighted by molar-refractivity contribution is 6.00. The van der Waals surface area contributed by atoms with Crippen LogP contribution in [0.3, 0.4) is 0 Å². The summed E-state index contributed by atoms with van der Waals surface area (Å²) in [4.78, 5) is 12.0. The van der Waals surface area contributed by atoms with Gasteiger partial charge in [-0.15, -0.1) is 0 Å². The molecule has 0 aliphatic carbocycles. The molecule has 0 atom stereocenters. The number of amides is 1. The molecule has 1 aromatic heterocycles. The normalized spacial score (nSPS) is 12.6. The van der Waals surface area contributed by atoms with Crippen LogP contribution in [0.5, 0.6) is 11.5 Å². The highest BCUT2D eigenvalue weighted by Gasteiger charge is 2.23. The van der Waals surface area contributed by atoms with Gasteiger partial charge < -0.3 is 14.8 Å². The summed E-state index contributed by atoms with van der Waals surface area (Å²) in [5.41, 5.74) is 2.98. The van der Waals surface area contributed by atoms with E-state index in [0.29, 0.717) is 34.7 Å². The van der Waals surface area contributed by atoms with Gasteiger partial charge in [-0.05, 0) is 35.9 Å². The first-order valence-electron chi connectivity index (χ1n) is 8.45. The molecule has 7 heteroatoms. The van der Waals surface area contributed by atoms with Gasteiger partial charge in [0.15, 0.2) is 0 Å². The molecule has 0 radical (unpaired) electrons. The third-order valence-electron chi connectivity index (χ3n) is 4.50. The average molecular weight is 367 g/mol. The summed E-state index contributed by atoms with van der Waals surface area (Å²) in [6, 6.07) is 9.92. The Kier molecular flexibility index (Phi) is 4.27. The van der Waals surface area contributed by atoms with Gasteiger partial charge in [0.25, 0.3) is 5.91 Å². The van der Waals surface area contributed by atoms with Crippen molar-refractivity contribution in [2.24, 2.45) is 7.05 Å². The zero-order chi connectivity index (χ0) is 19.0. The largest absolute Gasteiger partial charge is 0.497 e. The van der Waals surface area contributed by atoms with E-state index in [2.05, 4.69) is 10.4 Å². The minimum Gasteiger partial charge on any atom is -0.497 e. The Hall–Kier alpha value is -3.35. The zero-order valence-electron chi connectivity index (χ0n) is 15.0. The van der Waals surface area contributed by atoms with Gasteiger partial charge in [0.1, 0.15) is 23.9 Å². The Morgan fingerprint density at radius 3 is 2.74 bits per heavy atom. The maximum atomic E-state index is 14.7. The predicted octanol–water partition coefficient (Wildman–Crippen LogP) is 3.06. The summed E-state index contributed by atoms with van der Waals surface area (Å²) in [6.07, 6.45) is 1.83. The Morgan fingerprint density at radius 2 is 2.04 bits per heavy atom. The second-order valence-electron chi connectivity index (χ2n) is 6.30. The lowest BCUT2D eigenvalue weighted by atomic mass is 9.98. The first kappa shape index (κ1) is 17.1. The molecule has 0 fully saturated rings. The minimum absolute atomic E-state index is 0.170. The molecule has 138 valence electrons. The number of aryl methyl sites for hydroxylation is 1. The molecule has 0 bridgehead atoms. The Morgan fingerprint density at radius 1 is 1.19 bits per heavy atom. The fourth-order valence-electron chi connectivity index (χ4n) is 3.11. The second-order valence-corrected chi connectivity index (χ2v) is 6.30. The van der Waals surface area contributed by atoms with Crippen LogP contribution in [0.1, 0.15) is 21.6 Å². The number of halogens is 1. The quantitative estimate of drug-likeness (QED) is 0.753. The van der Waals surface area contributed by atoms with E-state index in [0.717, 1.165) is 11.3 Å². The molecule has 2 heterocycles. The molecule has 1 aliphatic heterocycles. The zero-order valence-corrected chi connectivity index (χ0v) is 15.0. The van der Waals surface area contributed by atoms with Crippen LogP contribution in [0.2, 0.25) is 0 Å². The topological polar surface area (TPSA) is 65.4 Å². The van der Waals surface area contributed by atoms with Crippen molar-refractivity contribution in [3.8, 4) is 22.6 Å². The number of carbonyl (C=O) groups excluding carboxylic acids is 1. The minimum atomic E-state index is -0.449. The number of aromatic nitrogens is 2. The van der Waals surface area contributed by atoms with Gasteiger partial charge in [-0.3, -0.25) is 9.48 Å². The van der Waals surface area contributed by atoms with E-state index >= 15 is 0 Å². The SMILES string of the molecule is COc1ccc(-c2cc3c(cc2OCc2ccn(C)n2)CNC3=O)c(F)c1. The van der Waals surface area contributed by atoms with Gasteiger partial charge in [-0.1, -0.05) is 0 Å². The van der Waals surface area contributed by atoms with Crippen LogP contribution >= 0.6 is 0 Å². The van der Waals surface area contributed by atoms with Crippen molar-refractivity contribution in [2.75, 3.05) is 7.11 Å². The first-order valence-corrected chi connectivity index (χ1v) is 8.45. The maximum Gasteiger partial charge on any atom is 0.251 e. The fraction of sp³-hybridized carbons (Fsp3) is 0.200. The average Bonchev–Trinajstić information content (AvgIpc) is 3.24. The lowest BCUT2D eigenvalue weighted by molar-refractivity contribution is 0.0966. The van der Waals surface area contributed by atoms with Crippen LogP contribution in [-0.2, 0) is 20.2 Å². The van der Waals surface area contributed by atoms with Gasteiger partial charge in [0.2, 0.25) is 0 Å². The Balaban J connectivity index is 1.76. The van der Waals surface area contributed by atoms with Crippen LogP contribution in [-0.4, -0.2) is 22.8 Å². The summed E-state index contributed by atoms with van der Waals surface area (Å²) >= 11 is 0. The third-order valence-corrected chi connectivity index (χ3v) is 4.50. The van der Waals surface area contributed by atoms with Crippen molar-refractivity contribution in [1.29, 1.82) is 0 Å². The molecule has 1 aliphatic rings. The van der Waals surface area contributed by atoms with E-state index in [1.54, 1.807) is 28.9 Å². The number of fused-ring (bicyclic) bond motifs is 1. The van der Waals surface area contributed by atoms with Crippen LogP contribution in [0.4, 0.5) is 4.39 Å². The van der Waals surface area contributed by atoms with Gasteiger partial charge in [0, 0.05) is 42.5 Å². The number of methoxy groups -OCH3 is 1. The monoisotopic (exact) mass is 367 g/mol. The number of carbonyl (C=O) groups is 1. The molecule has 4 rings (SSSR count). The number of rotatable bonds is 5. The molecule has 6 nitrogen and oxygen atoms in total. The molecule has 27 heavy (non-hydrogen) atoms. The van der Waals surface area contributed by atoms with E-state index < -0.39 is 5.82 Å². The molecule has 3 aromatic rings. The fourth-order valence-corrected chi connectivity index (χ4v) is 3.11. The van der Waals surface area contributed by atoms with Crippen molar-refractivity contribution >= 4 is 5.91 Å². The summed E-state index contributed by atoms with van der Waals surface area (Å²) < 4.78 is 27.4. The van der Waals surface area contributed by atoms with Crippen molar-refractivity contribution in [2.45, 2.75) is 13.2 Å². The molecule has 2 aromatic carbocycles.